The van der Waals surface area contributed by atoms with Crippen molar-refractivity contribution in [1.82, 2.24) is 24.4 Å². The number of carbonyl (C=O) groups is 1. The predicted octanol–water partition coefficient (Wildman–Crippen LogP) is 4.52. The molecule has 0 spiro atoms. The van der Waals surface area contributed by atoms with Gasteiger partial charge in [-0.1, -0.05) is 23.7 Å². The van der Waals surface area contributed by atoms with Crippen LogP contribution in [0.3, 0.4) is 0 Å². The molecule has 0 atom stereocenters. The second kappa shape index (κ2) is 10.2. The molecule has 1 amide bonds. The van der Waals surface area contributed by atoms with Gasteiger partial charge in [-0.3, -0.25) is 4.79 Å². The number of nitrogens with one attached hydrogen (secondary N) is 1. The molecule has 190 valence electrons. The summed E-state index contributed by atoms with van der Waals surface area (Å²) in [6, 6.07) is 6.67. The van der Waals surface area contributed by atoms with Crippen molar-refractivity contribution in [2.45, 2.75) is 58.5 Å². The first-order valence-corrected chi connectivity index (χ1v) is 13.1. The van der Waals surface area contributed by atoms with Crippen LogP contribution in [0.4, 0.5) is 11.6 Å². The largest absolute Gasteiger partial charge is 0.356 e. The SMILES string of the molecule is Cc1ccc(-c2cn(CCN(C)C(C)C)c(C3CCN(c4ncnc5c4CC(=O)N5)CC3)n2)cc1Cl. The molecule has 0 saturated carbocycles. The van der Waals surface area contributed by atoms with E-state index in [1.54, 1.807) is 6.33 Å². The Balaban J connectivity index is 1.37. The monoisotopic (exact) mass is 507 g/mol. The Labute approximate surface area is 217 Å². The van der Waals surface area contributed by atoms with E-state index in [9.17, 15) is 4.79 Å². The smallest absolute Gasteiger partial charge is 0.230 e. The third-order valence-corrected chi connectivity index (χ3v) is 7.93. The number of rotatable bonds is 7. The van der Waals surface area contributed by atoms with E-state index in [2.05, 4.69) is 68.9 Å². The molecule has 2 aliphatic rings. The summed E-state index contributed by atoms with van der Waals surface area (Å²) < 4.78 is 2.34. The average Bonchev–Trinajstić information content (AvgIpc) is 3.47. The summed E-state index contributed by atoms with van der Waals surface area (Å²) in [4.78, 5) is 30.5. The van der Waals surface area contributed by atoms with Gasteiger partial charge >= 0.3 is 0 Å². The van der Waals surface area contributed by atoms with Gasteiger partial charge in [-0.25, -0.2) is 15.0 Å². The van der Waals surface area contributed by atoms with Crippen molar-refractivity contribution in [1.29, 1.82) is 0 Å². The number of piperidine rings is 1. The van der Waals surface area contributed by atoms with Crippen molar-refractivity contribution in [3.05, 3.63) is 52.7 Å². The number of amides is 1. The van der Waals surface area contributed by atoms with E-state index in [1.807, 2.05) is 13.0 Å². The van der Waals surface area contributed by atoms with Gasteiger partial charge in [-0.15, -0.1) is 0 Å². The predicted molar refractivity (Wildman–Crippen MR) is 144 cm³/mol. The van der Waals surface area contributed by atoms with Crippen LogP contribution in [0.1, 0.15) is 49.6 Å². The highest BCUT2D eigenvalue weighted by molar-refractivity contribution is 6.31. The van der Waals surface area contributed by atoms with Crippen LogP contribution in [0.25, 0.3) is 11.3 Å². The maximum absolute atomic E-state index is 11.9. The lowest BCUT2D eigenvalue weighted by molar-refractivity contribution is -0.115. The summed E-state index contributed by atoms with van der Waals surface area (Å²) in [5.74, 6) is 3.02. The average molecular weight is 508 g/mol. The minimum atomic E-state index is -0.0150. The van der Waals surface area contributed by atoms with Gasteiger partial charge in [0.05, 0.1) is 12.1 Å². The molecule has 36 heavy (non-hydrogen) atoms. The maximum Gasteiger partial charge on any atom is 0.230 e. The van der Waals surface area contributed by atoms with Crippen molar-refractivity contribution in [2.24, 2.45) is 0 Å². The molecule has 0 aliphatic carbocycles. The normalized spacial score (nSPS) is 16.2. The molecule has 1 fully saturated rings. The molecule has 2 aliphatic heterocycles. The number of nitrogens with zero attached hydrogens (tertiary/aromatic N) is 6. The highest BCUT2D eigenvalue weighted by atomic mass is 35.5. The van der Waals surface area contributed by atoms with Crippen molar-refractivity contribution in [3.63, 3.8) is 0 Å². The number of likely N-dealkylation sites (N-methyl/N-ethyl adjacent to an activating group) is 1. The topological polar surface area (TPSA) is 79.2 Å². The number of aryl methyl sites for hydroxylation is 1. The van der Waals surface area contributed by atoms with Gasteiger partial charge in [0, 0.05) is 60.5 Å². The Morgan fingerprint density at radius 2 is 2.00 bits per heavy atom. The molecule has 8 nitrogen and oxygen atoms in total. The number of benzene rings is 1. The van der Waals surface area contributed by atoms with Crippen LogP contribution in [-0.4, -0.2) is 63.0 Å². The minimum absolute atomic E-state index is 0.0150. The van der Waals surface area contributed by atoms with Gasteiger partial charge in [-0.2, -0.15) is 0 Å². The van der Waals surface area contributed by atoms with Crippen LogP contribution in [0.5, 0.6) is 0 Å². The van der Waals surface area contributed by atoms with Crippen molar-refractivity contribution in [3.8, 4) is 11.3 Å². The number of anilines is 2. The Hall–Kier alpha value is -2.97. The van der Waals surface area contributed by atoms with Gasteiger partial charge in [-0.05, 0) is 52.3 Å². The van der Waals surface area contributed by atoms with Crippen LogP contribution >= 0.6 is 11.6 Å². The van der Waals surface area contributed by atoms with Gasteiger partial charge < -0.3 is 19.7 Å². The molecule has 1 N–H and O–H groups in total. The second-order valence-electron chi connectivity index (χ2n) is 10.2. The van der Waals surface area contributed by atoms with Crippen LogP contribution in [-0.2, 0) is 17.8 Å². The maximum atomic E-state index is 11.9. The molecule has 0 unspecified atom stereocenters. The third-order valence-electron chi connectivity index (χ3n) is 7.53. The molecular weight excluding hydrogens is 474 g/mol. The van der Waals surface area contributed by atoms with Crippen molar-refractivity contribution < 1.29 is 4.79 Å². The van der Waals surface area contributed by atoms with E-state index >= 15 is 0 Å². The number of hydrogen-bond donors (Lipinski definition) is 1. The first-order chi connectivity index (χ1) is 17.3. The van der Waals surface area contributed by atoms with Crippen molar-refractivity contribution >= 4 is 29.1 Å². The molecule has 0 bridgehead atoms. The summed E-state index contributed by atoms with van der Waals surface area (Å²) in [5.41, 5.74) is 4.01. The minimum Gasteiger partial charge on any atom is -0.356 e. The molecule has 3 aromatic rings. The standard InChI is InChI=1S/C27H34ClN7O/c1-17(2)33(4)11-12-35-15-23(20-6-5-18(3)22(28)13-20)31-26(35)19-7-9-34(10-8-19)27-21-14-24(36)32-25(21)29-16-30-27/h5-6,13,15-17,19H,7-12,14H2,1-4H3,(H,29,30,32,36). The fraction of sp³-hybridized carbons (Fsp3) is 0.481. The van der Waals surface area contributed by atoms with Gasteiger partial charge in [0.2, 0.25) is 5.91 Å². The zero-order chi connectivity index (χ0) is 25.4. The zero-order valence-electron chi connectivity index (χ0n) is 21.5. The van der Waals surface area contributed by atoms with E-state index in [0.717, 1.165) is 78.1 Å². The molecule has 5 rings (SSSR count). The number of carbonyl (C=O) groups excluding carboxylic acids is 1. The highest BCUT2D eigenvalue weighted by Gasteiger charge is 2.30. The summed E-state index contributed by atoms with van der Waals surface area (Å²) in [5, 5.41) is 3.60. The van der Waals surface area contributed by atoms with Gasteiger partial charge in [0.15, 0.2) is 0 Å². The second-order valence-corrected chi connectivity index (χ2v) is 10.6. The molecule has 2 aromatic heterocycles. The quantitative estimate of drug-likeness (QED) is 0.506. The lowest BCUT2D eigenvalue weighted by Crippen LogP contribution is -2.35. The zero-order valence-corrected chi connectivity index (χ0v) is 22.2. The fourth-order valence-electron chi connectivity index (χ4n) is 4.98. The number of halogens is 1. The van der Waals surface area contributed by atoms with Gasteiger partial charge in [0.25, 0.3) is 0 Å². The Morgan fingerprint density at radius 1 is 1.22 bits per heavy atom. The first-order valence-electron chi connectivity index (χ1n) is 12.7. The molecular formula is C27H34ClN7O. The Kier molecular flexibility index (Phi) is 6.99. The van der Waals surface area contributed by atoms with E-state index in [4.69, 9.17) is 16.6 Å². The summed E-state index contributed by atoms with van der Waals surface area (Å²) in [6.45, 7) is 10.0. The molecule has 0 radical (unpaired) electrons. The van der Waals surface area contributed by atoms with Crippen LogP contribution in [0.2, 0.25) is 5.02 Å². The summed E-state index contributed by atoms with van der Waals surface area (Å²) in [6.07, 6.45) is 6.03. The number of imidazole rings is 1. The van der Waals surface area contributed by atoms with Crippen LogP contribution in [0.15, 0.2) is 30.7 Å². The highest BCUT2D eigenvalue weighted by Crippen LogP contribution is 2.35. The van der Waals surface area contributed by atoms with Gasteiger partial charge in [0.1, 0.15) is 23.8 Å². The van der Waals surface area contributed by atoms with Crippen LogP contribution in [0, 0.1) is 6.92 Å². The molecule has 9 heteroatoms. The van der Waals surface area contributed by atoms with E-state index in [0.29, 0.717) is 24.2 Å². The number of fused-ring (bicyclic) bond motifs is 1. The lowest BCUT2D eigenvalue weighted by Gasteiger charge is -2.33. The fourth-order valence-corrected chi connectivity index (χ4v) is 5.16. The number of hydrogen-bond acceptors (Lipinski definition) is 6. The Bertz CT molecular complexity index is 1260. The summed E-state index contributed by atoms with van der Waals surface area (Å²) in [7, 11) is 2.17. The van der Waals surface area contributed by atoms with E-state index in [1.165, 1.54) is 0 Å². The van der Waals surface area contributed by atoms with E-state index in [-0.39, 0.29) is 5.91 Å². The molecule has 4 heterocycles. The first kappa shape index (κ1) is 24.7. The third kappa shape index (κ3) is 4.97. The van der Waals surface area contributed by atoms with Crippen LogP contribution < -0.4 is 10.2 Å². The van der Waals surface area contributed by atoms with E-state index < -0.39 is 0 Å². The molecule has 1 saturated heterocycles. The summed E-state index contributed by atoms with van der Waals surface area (Å²) >= 11 is 6.44. The number of aromatic nitrogens is 4. The lowest BCUT2D eigenvalue weighted by atomic mass is 9.95. The molecule has 1 aromatic carbocycles. The van der Waals surface area contributed by atoms with Crippen molar-refractivity contribution in [2.75, 3.05) is 36.9 Å². The Morgan fingerprint density at radius 3 is 2.72 bits per heavy atom.